The second-order valence-corrected chi connectivity index (χ2v) is 3.64. The predicted octanol–water partition coefficient (Wildman–Crippen LogP) is 0.0163. The SMILES string of the molecule is O=C1C=C(I)[C@H](O)[C@H]2O[C@@H]12. The lowest BCUT2D eigenvalue weighted by Crippen LogP contribution is -2.25. The Morgan fingerprint density at radius 1 is 1.70 bits per heavy atom. The van der Waals surface area contributed by atoms with Gasteiger partial charge in [-0.25, -0.2) is 0 Å². The van der Waals surface area contributed by atoms with Crippen LogP contribution in [0.2, 0.25) is 0 Å². The molecule has 3 atom stereocenters. The Kier molecular flexibility index (Phi) is 1.37. The Bertz CT molecular complexity index is 223. The van der Waals surface area contributed by atoms with Crippen LogP contribution in [0.1, 0.15) is 0 Å². The number of aliphatic hydroxyl groups is 1. The molecular formula is C6H5IO3. The number of halogens is 1. The fourth-order valence-electron chi connectivity index (χ4n) is 1.05. The Labute approximate surface area is 71.2 Å². The maximum Gasteiger partial charge on any atom is 0.188 e. The first kappa shape index (κ1) is 6.75. The van der Waals surface area contributed by atoms with Crippen LogP contribution in [0, 0.1) is 0 Å². The molecule has 0 spiro atoms. The maximum atomic E-state index is 10.9. The van der Waals surface area contributed by atoms with Gasteiger partial charge in [0.25, 0.3) is 0 Å². The Morgan fingerprint density at radius 2 is 2.40 bits per heavy atom. The van der Waals surface area contributed by atoms with Crippen molar-refractivity contribution in [1.29, 1.82) is 0 Å². The van der Waals surface area contributed by atoms with E-state index in [1.54, 1.807) is 0 Å². The van der Waals surface area contributed by atoms with Gasteiger partial charge in [-0.2, -0.15) is 0 Å². The molecule has 2 rings (SSSR count). The minimum atomic E-state index is -0.566. The molecule has 1 aliphatic heterocycles. The van der Waals surface area contributed by atoms with Crippen molar-refractivity contribution in [2.24, 2.45) is 0 Å². The molecule has 0 radical (unpaired) electrons. The summed E-state index contributed by atoms with van der Waals surface area (Å²) in [5.41, 5.74) is 0. The van der Waals surface area contributed by atoms with Crippen LogP contribution in [0.15, 0.2) is 9.66 Å². The normalized spacial score (nSPS) is 44.4. The Hall–Kier alpha value is 0.0600. The van der Waals surface area contributed by atoms with Crippen molar-refractivity contribution < 1.29 is 14.6 Å². The van der Waals surface area contributed by atoms with Crippen molar-refractivity contribution in [2.75, 3.05) is 0 Å². The number of hydrogen-bond donors (Lipinski definition) is 1. The minimum Gasteiger partial charge on any atom is -0.385 e. The number of epoxide rings is 1. The molecule has 4 heteroatoms. The van der Waals surface area contributed by atoms with Gasteiger partial charge in [-0.15, -0.1) is 0 Å². The minimum absolute atomic E-state index is 0.0142. The largest absolute Gasteiger partial charge is 0.385 e. The third-order valence-electron chi connectivity index (χ3n) is 1.68. The first-order valence-electron chi connectivity index (χ1n) is 2.94. The van der Waals surface area contributed by atoms with Crippen LogP contribution in [0.5, 0.6) is 0 Å². The highest BCUT2D eigenvalue weighted by Crippen LogP contribution is 2.36. The molecule has 1 N–H and O–H groups in total. The third-order valence-corrected chi connectivity index (χ3v) is 2.63. The van der Waals surface area contributed by atoms with E-state index in [9.17, 15) is 9.90 Å². The van der Waals surface area contributed by atoms with E-state index in [1.807, 2.05) is 22.6 Å². The second kappa shape index (κ2) is 2.02. The Balaban J connectivity index is 2.30. The predicted molar refractivity (Wildman–Crippen MR) is 41.8 cm³/mol. The quantitative estimate of drug-likeness (QED) is 0.488. The number of ketones is 1. The average Bonchev–Trinajstić information content (AvgIpc) is 2.61. The number of rotatable bonds is 0. The fraction of sp³-hybridized carbons (Fsp3) is 0.500. The van der Waals surface area contributed by atoms with Crippen LogP contribution in [0.4, 0.5) is 0 Å². The average molecular weight is 252 g/mol. The number of aliphatic hydroxyl groups excluding tert-OH is 1. The van der Waals surface area contributed by atoms with Gasteiger partial charge in [-0.3, -0.25) is 4.79 Å². The molecule has 0 aromatic rings. The molecule has 1 aliphatic carbocycles. The first-order valence-corrected chi connectivity index (χ1v) is 4.02. The van der Waals surface area contributed by atoms with Crippen molar-refractivity contribution in [3.05, 3.63) is 9.66 Å². The van der Waals surface area contributed by atoms with Crippen molar-refractivity contribution >= 4 is 28.4 Å². The number of hydrogen-bond acceptors (Lipinski definition) is 3. The highest BCUT2D eigenvalue weighted by molar-refractivity contribution is 14.1. The van der Waals surface area contributed by atoms with E-state index in [-0.39, 0.29) is 18.0 Å². The highest BCUT2D eigenvalue weighted by Gasteiger charge is 2.52. The summed E-state index contributed by atoms with van der Waals surface area (Å²) in [6.07, 6.45) is 0.292. The lowest BCUT2D eigenvalue weighted by Gasteiger charge is -2.08. The summed E-state index contributed by atoms with van der Waals surface area (Å²) in [7, 11) is 0. The van der Waals surface area contributed by atoms with Gasteiger partial charge in [0.15, 0.2) is 5.78 Å². The zero-order valence-electron chi connectivity index (χ0n) is 4.95. The summed E-state index contributed by atoms with van der Waals surface area (Å²) < 4.78 is 5.60. The van der Waals surface area contributed by atoms with Crippen molar-refractivity contribution in [3.8, 4) is 0 Å². The zero-order valence-corrected chi connectivity index (χ0v) is 7.11. The van der Waals surface area contributed by atoms with Gasteiger partial charge < -0.3 is 9.84 Å². The zero-order chi connectivity index (χ0) is 7.30. The van der Waals surface area contributed by atoms with E-state index in [0.717, 1.165) is 0 Å². The lowest BCUT2D eigenvalue weighted by molar-refractivity contribution is -0.115. The number of carbonyl (C=O) groups excluding carboxylic acids is 1. The van der Waals surface area contributed by atoms with Crippen LogP contribution in [0.3, 0.4) is 0 Å². The van der Waals surface area contributed by atoms with Gasteiger partial charge in [0, 0.05) is 3.58 Å². The van der Waals surface area contributed by atoms with E-state index in [1.165, 1.54) is 6.08 Å². The van der Waals surface area contributed by atoms with Crippen LogP contribution in [-0.2, 0) is 9.53 Å². The first-order chi connectivity index (χ1) is 4.70. The molecule has 0 unspecified atom stereocenters. The van der Waals surface area contributed by atoms with E-state index in [2.05, 4.69) is 0 Å². The summed E-state index contributed by atoms with van der Waals surface area (Å²) >= 11 is 1.95. The summed E-state index contributed by atoms with van der Waals surface area (Å²) in [5, 5.41) is 9.25. The van der Waals surface area contributed by atoms with E-state index < -0.39 is 6.10 Å². The molecule has 10 heavy (non-hydrogen) atoms. The van der Waals surface area contributed by atoms with Crippen molar-refractivity contribution in [2.45, 2.75) is 18.3 Å². The smallest absolute Gasteiger partial charge is 0.188 e. The molecule has 0 saturated carbocycles. The van der Waals surface area contributed by atoms with Gasteiger partial charge in [0.05, 0.1) is 0 Å². The maximum absolute atomic E-state index is 10.9. The molecular weight excluding hydrogens is 247 g/mol. The molecule has 54 valence electrons. The molecule has 3 nitrogen and oxygen atoms in total. The summed E-state index contributed by atoms with van der Waals surface area (Å²) in [6, 6.07) is 0. The number of ether oxygens (including phenoxy) is 1. The standard InChI is InChI=1S/C6H5IO3/c7-2-1-3(8)5-6(10-5)4(2)9/h1,4-6,9H/t4-,5-,6+/m0/s1. The topological polar surface area (TPSA) is 49.8 Å². The monoisotopic (exact) mass is 252 g/mol. The molecule has 1 heterocycles. The number of fused-ring (bicyclic) bond motifs is 1. The second-order valence-electron chi connectivity index (χ2n) is 2.40. The molecule has 0 bridgehead atoms. The summed E-state index contributed by atoms with van der Waals surface area (Å²) in [4.78, 5) is 10.9. The van der Waals surface area contributed by atoms with Crippen molar-refractivity contribution in [1.82, 2.24) is 0 Å². The van der Waals surface area contributed by atoms with Crippen LogP contribution < -0.4 is 0 Å². The summed E-state index contributed by atoms with van der Waals surface area (Å²) in [5.74, 6) is -0.0142. The van der Waals surface area contributed by atoms with Gasteiger partial charge in [-0.05, 0) is 28.7 Å². The molecule has 0 amide bonds. The number of carbonyl (C=O) groups is 1. The molecule has 0 aromatic carbocycles. The summed E-state index contributed by atoms with van der Waals surface area (Å²) in [6.45, 7) is 0. The van der Waals surface area contributed by atoms with Crippen LogP contribution in [0.25, 0.3) is 0 Å². The van der Waals surface area contributed by atoms with Gasteiger partial charge in [0.1, 0.15) is 18.3 Å². The van der Waals surface area contributed by atoms with Crippen LogP contribution in [-0.4, -0.2) is 29.2 Å². The Morgan fingerprint density at radius 3 is 3.10 bits per heavy atom. The van der Waals surface area contributed by atoms with E-state index >= 15 is 0 Å². The molecule has 0 aromatic heterocycles. The third kappa shape index (κ3) is 0.826. The lowest BCUT2D eigenvalue weighted by atomic mass is 10.0. The molecule has 1 saturated heterocycles. The van der Waals surface area contributed by atoms with Crippen molar-refractivity contribution in [3.63, 3.8) is 0 Å². The fourth-order valence-corrected chi connectivity index (χ4v) is 1.71. The highest BCUT2D eigenvalue weighted by atomic mass is 127. The van der Waals surface area contributed by atoms with E-state index in [0.29, 0.717) is 3.58 Å². The molecule has 1 fully saturated rings. The van der Waals surface area contributed by atoms with E-state index in [4.69, 9.17) is 4.74 Å². The van der Waals surface area contributed by atoms with Gasteiger partial charge >= 0.3 is 0 Å². The van der Waals surface area contributed by atoms with Gasteiger partial charge in [0.2, 0.25) is 0 Å². The molecule has 2 aliphatic rings. The van der Waals surface area contributed by atoms with Gasteiger partial charge in [-0.1, -0.05) is 0 Å². The van der Waals surface area contributed by atoms with Crippen LogP contribution >= 0.6 is 22.6 Å².